The Morgan fingerprint density at radius 3 is 2.45 bits per heavy atom. The van der Waals surface area contributed by atoms with Crippen LogP contribution in [0, 0.1) is 6.92 Å². The third-order valence-corrected chi connectivity index (χ3v) is 6.64. The minimum absolute atomic E-state index is 0.0143. The van der Waals surface area contributed by atoms with Crippen molar-refractivity contribution in [1.82, 2.24) is 24.5 Å². The number of aromatic amines is 1. The summed E-state index contributed by atoms with van der Waals surface area (Å²) in [6.07, 6.45) is 0. The number of halogens is 4. The third kappa shape index (κ3) is 4.25. The molecule has 0 spiro atoms. The fraction of sp³-hybridized carbons (Fsp3) is 0.353. The standard InChI is InChI=1S/C17H17ClF3N7O2S/c1-10-8-14(26-25-10)23-15-12-3-2-11(9-13(12)22-16(18)24-15)27-4-6-28(7-5-27)31(29,30)17(19,20)21/h2-3,8-9H,4-7H2,1H3,(H2,22,23,24,25,26). The van der Waals surface area contributed by atoms with Crippen LogP contribution >= 0.6 is 11.6 Å². The summed E-state index contributed by atoms with van der Waals surface area (Å²) in [5.74, 6) is 1.01. The predicted octanol–water partition coefficient (Wildman–Crippen LogP) is 3.03. The van der Waals surface area contributed by atoms with Gasteiger partial charge in [0.1, 0.15) is 5.82 Å². The van der Waals surface area contributed by atoms with E-state index in [1.54, 1.807) is 29.2 Å². The Balaban J connectivity index is 1.56. The average Bonchev–Trinajstić information content (AvgIpc) is 3.11. The Hall–Kier alpha value is -2.64. The first-order chi connectivity index (χ1) is 14.5. The van der Waals surface area contributed by atoms with Crippen LogP contribution in [-0.2, 0) is 10.0 Å². The molecule has 31 heavy (non-hydrogen) atoms. The number of alkyl halides is 3. The van der Waals surface area contributed by atoms with E-state index in [4.69, 9.17) is 11.6 Å². The number of sulfonamides is 1. The second-order valence-corrected chi connectivity index (χ2v) is 9.21. The number of nitrogens with one attached hydrogen (secondary N) is 2. The fourth-order valence-corrected chi connectivity index (χ4v) is 4.43. The summed E-state index contributed by atoms with van der Waals surface area (Å²) in [5, 5.41) is 10.7. The van der Waals surface area contributed by atoms with Crippen LogP contribution in [0.2, 0.25) is 5.28 Å². The van der Waals surface area contributed by atoms with Crippen LogP contribution in [0.1, 0.15) is 5.69 Å². The van der Waals surface area contributed by atoms with Gasteiger partial charge in [-0.2, -0.15) is 27.6 Å². The summed E-state index contributed by atoms with van der Waals surface area (Å²) in [6, 6.07) is 7.07. The number of anilines is 3. The highest BCUT2D eigenvalue weighted by atomic mass is 35.5. The van der Waals surface area contributed by atoms with E-state index >= 15 is 0 Å². The van der Waals surface area contributed by atoms with Gasteiger partial charge in [-0.05, 0) is 36.7 Å². The smallest absolute Gasteiger partial charge is 0.369 e. The predicted molar refractivity (Wildman–Crippen MR) is 110 cm³/mol. The first-order valence-electron chi connectivity index (χ1n) is 9.12. The Morgan fingerprint density at radius 1 is 1.13 bits per heavy atom. The summed E-state index contributed by atoms with van der Waals surface area (Å²) in [7, 11) is -5.33. The molecule has 166 valence electrons. The molecule has 0 atom stereocenters. The van der Waals surface area contributed by atoms with E-state index in [-0.39, 0.29) is 31.5 Å². The molecule has 0 radical (unpaired) electrons. The minimum atomic E-state index is -5.33. The number of benzene rings is 1. The third-order valence-electron chi connectivity index (χ3n) is 4.84. The summed E-state index contributed by atoms with van der Waals surface area (Å²) < 4.78 is 61.9. The number of H-pyrrole nitrogens is 1. The zero-order chi connectivity index (χ0) is 22.4. The maximum Gasteiger partial charge on any atom is 0.511 e. The van der Waals surface area contributed by atoms with Crippen LogP contribution in [0.4, 0.5) is 30.5 Å². The van der Waals surface area contributed by atoms with Gasteiger partial charge in [0.15, 0.2) is 5.82 Å². The van der Waals surface area contributed by atoms with Gasteiger partial charge in [0.05, 0.1) is 5.52 Å². The van der Waals surface area contributed by atoms with Crippen molar-refractivity contribution in [3.8, 4) is 0 Å². The van der Waals surface area contributed by atoms with Crippen LogP contribution in [0.3, 0.4) is 0 Å². The molecule has 14 heteroatoms. The van der Waals surface area contributed by atoms with Crippen molar-refractivity contribution in [1.29, 1.82) is 0 Å². The lowest BCUT2D eigenvalue weighted by Gasteiger charge is -2.35. The number of aromatic nitrogens is 4. The van der Waals surface area contributed by atoms with E-state index in [9.17, 15) is 21.6 Å². The first kappa shape index (κ1) is 21.6. The number of rotatable bonds is 4. The molecule has 0 amide bonds. The van der Waals surface area contributed by atoms with Crippen molar-refractivity contribution in [3.05, 3.63) is 35.2 Å². The molecule has 0 saturated carbocycles. The Kier molecular flexibility index (Phi) is 5.43. The van der Waals surface area contributed by atoms with Crippen LogP contribution in [0.5, 0.6) is 0 Å². The van der Waals surface area contributed by atoms with Crippen LogP contribution in [-0.4, -0.2) is 64.6 Å². The molecule has 1 aliphatic heterocycles. The zero-order valence-electron chi connectivity index (χ0n) is 16.1. The highest BCUT2D eigenvalue weighted by Gasteiger charge is 2.50. The van der Waals surface area contributed by atoms with E-state index in [0.29, 0.717) is 32.5 Å². The van der Waals surface area contributed by atoms with Crippen molar-refractivity contribution in [2.24, 2.45) is 0 Å². The Morgan fingerprint density at radius 2 is 1.84 bits per heavy atom. The van der Waals surface area contributed by atoms with Crippen molar-refractivity contribution < 1.29 is 21.6 Å². The van der Waals surface area contributed by atoms with Gasteiger partial charge in [-0.3, -0.25) is 5.10 Å². The van der Waals surface area contributed by atoms with Crippen molar-refractivity contribution in [2.75, 3.05) is 36.4 Å². The number of nitrogens with zero attached hydrogens (tertiary/aromatic N) is 5. The summed E-state index contributed by atoms with van der Waals surface area (Å²) in [5.41, 5.74) is -3.23. The van der Waals surface area contributed by atoms with Gasteiger partial charge in [-0.1, -0.05) is 0 Å². The topological polar surface area (TPSA) is 107 Å². The van der Waals surface area contributed by atoms with Gasteiger partial charge >= 0.3 is 15.5 Å². The maximum absolute atomic E-state index is 12.8. The second kappa shape index (κ2) is 7.80. The zero-order valence-corrected chi connectivity index (χ0v) is 17.7. The lowest BCUT2D eigenvalue weighted by atomic mass is 10.2. The van der Waals surface area contributed by atoms with E-state index in [0.717, 1.165) is 5.69 Å². The molecule has 0 aliphatic carbocycles. The molecule has 4 rings (SSSR count). The summed E-state index contributed by atoms with van der Waals surface area (Å²) in [4.78, 5) is 10.2. The molecular weight excluding hydrogens is 459 g/mol. The molecule has 2 aromatic heterocycles. The van der Waals surface area contributed by atoms with Gasteiger partial charge in [0, 0.05) is 49.0 Å². The Labute approximate surface area is 180 Å². The van der Waals surface area contributed by atoms with Gasteiger partial charge in [0.25, 0.3) is 0 Å². The van der Waals surface area contributed by atoms with Gasteiger partial charge in [-0.15, -0.1) is 0 Å². The number of hydrogen-bond acceptors (Lipinski definition) is 7. The van der Waals surface area contributed by atoms with Crippen LogP contribution in [0.15, 0.2) is 24.3 Å². The highest BCUT2D eigenvalue weighted by Crippen LogP contribution is 2.31. The van der Waals surface area contributed by atoms with Gasteiger partial charge in [-0.25, -0.2) is 13.4 Å². The first-order valence-corrected chi connectivity index (χ1v) is 10.9. The molecular formula is C17H17ClF3N7O2S. The fourth-order valence-electron chi connectivity index (χ4n) is 3.32. The molecule has 1 fully saturated rings. The molecule has 3 heterocycles. The van der Waals surface area contributed by atoms with Gasteiger partial charge < -0.3 is 10.2 Å². The number of aryl methyl sites for hydroxylation is 1. The van der Waals surface area contributed by atoms with E-state index < -0.39 is 15.5 Å². The second-order valence-electron chi connectivity index (χ2n) is 6.94. The SMILES string of the molecule is Cc1cc(Nc2nc(Cl)nc3cc(N4CCN(S(=O)(=O)C(F)(F)F)CC4)ccc23)n[nH]1. The maximum atomic E-state index is 12.8. The number of hydrogen-bond donors (Lipinski definition) is 2. The minimum Gasteiger partial charge on any atom is -0.369 e. The normalized spacial score (nSPS) is 16.1. The van der Waals surface area contributed by atoms with Crippen molar-refractivity contribution in [3.63, 3.8) is 0 Å². The monoisotopic (exact) mass is 475 g/mol. The van der Waals surface area contributed by atoms with Crippen molar-refractivity contribution in [2.45, 2.75) is 12.4 Å². The Bertz CT molecular complexity index is 1220. The van der Waals surface area contributed by atoms with Gasteiger partial charge in [0.2, 0.25) is 5.28 Å². The largest absolute Gasteiger partial charge is 0.511 e. The molecule has 2 N–H and O–H groups in total. The molecule has 1 aliphatic rings. The molecule has 0 unspecified atom stereocenters. The molecule has 1 aromatic carbocycles. The summed E-state index contributed by atoms with van der Waals surface area (Å²) in [6.45, 7) is 1.54. The lowest BCUT2D eigenvalue weighted by Crippen LogP contribution is -2.52. The highest BCUT2D eigenvalue weighted by molar-refractivity contribution is 7.90. The van der Waals surface area contributed by atoms with Crippen LogP contribution < -0.4 is 10.2 Å². The van der Waals surface area contributed by atoms with E-state index in [1.807, 2.05) is 6.92 Å². The van der Waals surface area contributed by atoms with Crippen LogP contribution in [0.25, 0.3) is 10.9 Å². The number of fused-ring (bicyclic) bond motifs is 1. The molecule has 1 saturated heterocycles. The quantitative estimate of drug-likeness (QED) is 0.558. The molecule has 3 aromatic rings. The molecule has 9 nitrogen and oxygen atoms in total. The van der Waals surface area contributed by atoms with E-state index in [1.165, 1.54) is 0 Å². The van der Waals surface area contributed by atoms with E-state index in [2.05, 4.69) is 25.5 Å². The lowest BCUT2D eigenvalue weighted by molar-refractivity contribution is -0.0490. The molecule has 0 bridgehead atoms. The number of piperazine rings is 1. The summed E-state index contributed by atoms with van der Waals surface area (Å²) >= 11 is 6.06. The average molecular weight is 476 g/mol. The van der Waals surface area contributed by atoms with Crippen molar-refractivity contribution >= 4 is 49.9 Å².